The van der Waals surface area contributed by atoms with Gasteiger partial charge < -0.3 is 34.7 Å². The number of likely N-dealkylation sites (N-methyl/N-ethyl adjacent to an activating group) is 1. The van der Waals surface area contributed by atoms with Crippen LogP contribution in [0.3, 0.4) is 0 Å². The van der Waals surface area contributed by atoms with E-state index in [1.807, 2.05) is 6.92 Å². The number of imidazole rings is 1. The third-order valence-corrected chi connectivity index (χ3v) is 8.79. The topological polar surface area (TPSA) is 155 Å². The zero-order chi connectivity index (χ0) is 30.6. The minimum atomic E-state index is -3.94. The summed E-state index contributed by atoms with van der Waals surface area (Å²) in [5.74, 6) is -0.0129. The van der Waals surface area contributed by atoms with Gasteiger partial charge in [0.1, 0.15) is 11.9 Å². The van der Waals surface area contributed by atoms with Gasteiger partial charge in [-0.1, -0.05) is 13.0 Å². The number of hydrogen-bond donors (Lipinski definition) is 3. The van der Waals surface area contributed by atoms with Crippen molar-refractivity contribution in [2.24, 2.45) is 13.0 Å². The lowest BCUT2D eigenvalue weighted by atomic mass is 9.99. The first-order valence-corrected chi connectivity index (χ1v) is 14.8. The van der Waals surface area contributed by atoms with Crippen molar-refractivity contribution in [2.45, 2.75) is 31.0 Å². The number of anilines is 2. The van der Waals surface area contributed by atoms with Gasteiger partial charge in [0.2, 0.25) is 0 Å². The summed E-state index contributed by atoms with van der Waals surface area (Å²) in [6.45, 7) is 3.44. The molecule has 0 fully saturated rings. The molecule has 4 rings (SSSR count). The van der Waals surface area contributed by atoms with E-state index in [0.717, 1.165) is 4.31 Å². The Bertz CT molecular complexity index is 1530. The molecule has 3 N–H and O–H groups in total. The number of aliphatic hydroxyl groups is 1. The van der Waals surface area contributed by atoms with Crippen molar-refractivity contribution < 1.29 is 32.6 Å². The zero-order valence-electron chi connectivity index (χ0n) is 24.1. The van der Waals surface area contributed by atoms with Crippen LogP contribution in [0.2, 0.25) is 0 Å². The summed E-state index contributed by atoms with van der Waals surface area (Å²) >= 11 is 0. The van der Waals surface area contributed by atoms with Gasteiger partial charge in [0.25, 0.3) is 15.9 Å². The average Bonchev–Trinajstić information content (AvgIpc) is 3.42. The van der Waals surface area contributed by atoms with Gasteiger partial charge in [-0.15, -0.1) is 0 Å². The van der Waals surface area contributed by atoms with E-state index >= 15 is 0 Å². The van der Waals surface area contributed by atoms with Crippen LogP contribution in [-0.4, -0.2) is 90.2 Å². The zero-order valence-corrected chi connectivity index (χ0v) is 25.0. The van der Waals surface area contributed by atoms with Crippen molar-refractivity contribution in [3.63, 3.8) is 0 Å². The maximum Gasteiger partial charge on any atom is 0.323 e. The lowest BCUT2D eigenvalue weighted by Gasteiger charge is -2.38. The van der Waals surface area contributed by atoms with Crippen LogP contribution in [0.25, 0.3) is 0 Å². The van der Waals surface area contributed by atoms with Crippen molar-refractivity contribution in [1.82, 2.24) is 18.8 Å². The average molecular weight is 601 g/mol. The van der Waals surface area contributed by atoms with E-state index in [4.69, 9.17) is 9.47 Å². The number of ether oxygens (including phenoxy) is 2. The van der Waals surface area contributed by atoms with E-state index in [1.165, 1.54) is 24.5 Å². The number of aliphatic hydroxyl groups excluding tert-OH is 1. The number of carbonyl (C=O) groups excluding carboxylic acids is 2. The predicted octanol–water partition coefficient (Wildman–Crippen LogP) is 2.61. The molecule has 1 aliphatic heterocycles. The van der Waals surface area contributed by atoms with E-state index in [1.54, 1.807) is 68.1 Å². The number of rotatable bonds is 9. The monoisotopic (exact) mass is 600 g/mol. The lowest BCUT2D eigenvalue weighted by Crippen LogP contribution is -2.50. The molecule has 3 atom stereocenters. The normalized spacial score (nSPS) is 18.0. The highest BCUT2D eigenvalue weighted by Crippen LogP contribution is 2.35. The van der Waals surface area contributed by atoms with E-state index in [9.17, 15) is 23.1 Å². The van der Waals surface area contributed by atoms with Crippen LogP contribution in [0.5, 0.6) is 11.5 Å². The molecule has 1 aliphatic rings. The van der Waals surface area contributed by atoms with Crippen molar-refractivity contribution in [3.8, 4) is 11.5 Å². The Morgan fingerprint density at radius 3 is 2.57 bits per heavy atom. The first-order chi connectivity index (χ1) is 19.9. The summed E-state index contributed by atoms with van der Waals surface area (Å²) in [5, 5.41) is 15.3. The SMILES string of the molecule is COc1ccc(NC(=O)Nc2cccc3c2O[C@@H](CN(C)S(=O)(=O)c2cn(C)cn2)[C@@H](C)CN([C@@H](C)CO)C3=O)cc1. The number of amides is 3. The predicted molar refractivity (Wildman–Crippen MR) is 156 cm³/mol. The van der Waals surface area contributed by atoms with Gasteiger partial charge in [-0.2, -0.15) is 4.31 Å². The number of aryl methyl sites for hydroxylation is 1. The molecule has 3 aromatic rings. The van der Waals surface area contributed by atoms with Crippen LogP contribution in [0.15, 0.2) is 60.0 Å². The molecular formula is C28H36N6O7S. The Morgan fingerprint density at radius 2 is 1.95 bits per heavy atom. The fourth-order valence-electron chi connectivity index (χ4n) is 4.55. The number of methoxy groups -OCH3 is 1. The summed E-state index contributed by atoms with van der Waals surface area (Å²) in [6, 6.07) is 10.4. The summed E-state index contributed by atoms with van der Waals surface area (Å²) < 4.78 is 40.7. The van der Waals surface area contributed by atoms with Gasteiger partial charge in [-0.05, 0) is 43.3 Å². The van der Waals surface area contributed by atoms with Crippen LogP contribution in [0.1, 0.15) is 24.2 Å². The molecule has 0 unspecified atom stereocenters. The second-order valence-corrected chi connectivity index (χ2v) is 12.3. The molecule has 0 spiro atoms. The Kier molecular flexibility index (Phi) is 9.39. The second-order valence-electron chi connectivity index (χ2n) is 10.3. The fourth-order valence-corrected chi connectivity index (χ4v) is 5.69. The van der Waals surface area contributed by atoms with Crippen LogP contribution in [0.4, 0.5) is 16.2 Å². The fraction of sp³-hybridized carbons (Fsp3) is 0.393. The molecule has 2 aromatic carbocycles. The molecule has 14 heteroatoms. The quantitative estimate of drug-likeness (QED) is 0.339. The molecule has 0 saturated heterocycles. The van der Waals surface area contributed by atoms with Gasteiger partial charge in [-0.3, -0.25) is 4.79 Å². The maximum atomic E-state index is 13.7. The minimum absolute atomic E-state index is 0.0680. The van der Waals surface area contributed by atoms with Gasteiger partial charge in [0, 0.05) is 38.4 Å². The second kappa shape index (κ2) is 12.8. The van der Waals surface area contributed by atoms with E-state index < -0.39 is 28.2 Å². The van der Waals surface area contributed by atoms with Crippen LogP contribution in [-0.2, 0) is 17.1 Å². The van der Waals surface area contributed by atoms with Crippen LogP contribution < -0.4 is 20.1 Å². The smallest absolute Gasteiger partial charge is 0.323 e. The highest BCUT2D eigenvalue weighted by molar-refractivity contribution is 7.89. The van der Waals surface area contributed by atoms with Crippen LogP contribution in [0, 0.1) is 5.92 Å². The molecule has 13 nitrogen and oxygen atoms in total. The minimum Gasteiger partial charge on any atom is -0.497 e. The third-order valence-electron chi connectivity index (χ3n) is 7.08. The Balaban J connectivity index is 1.67. The largest absolute Gasteiger partial charge is 0.497 e. The molecule has 1 aromatic heterocycles. The molecule has 2 heterocycles. The summed E-state index contributed by atoms with van der Waals surface area (Å²) in [6.07, 6.45) is 2.08. The molecule has 0 saturated carbocycles. The molecule has 0 aliphatic carbocycles. The Hall–Kier alpha value is -4.14. The molecule has 3 amide bonds. The van der Waals surface area contributed by atoms with E-state index in [-0.39, 0.29) is 53.5 Å². The highest BCUT2D eigenvalue weighted by Gasteiger charge is 2.36. The number of hydrogen-bond acceptors (Lipinski definition) is 8. The number of aromatic nitrogens is 2. The molecule has 226 valence electrons. The van der Waals surface area contributed by atoms with Crippen molar-refractivity contribution >= 4 is 33.3 Å². The Labute approximate surface area is 245 Å². The lowest BCUT2D eigenvalue weighted by molar-refractivity contribution is 0.0389. The van der Waals surface area contributed by atoms with Gasteiger partial charge in [-0.25, -0.2) is 18.2 Å². The maximum absolute atomic E-state index is 13.7. The highest BCUT2D eigenvalue weighted by atomic mass is 32.2. The first-order valence-electron chi connectivity index (χ1n) is 13.3. The summed E-state index contributed by atoms with van der Waals surface area (Å²) in [7, 11) is 0.715. The standard InChI is InChI=1S/C28H36N6O7S/c1-18-13-34(19(2)16-35)27(36)22-7-6-8-23(31-28(37)30-20-9-11-21(40-5)12-10-20)26(22)41-24(18)14-33(4)42(38,39)25-15-32(3)17-29-25/h6-12,15,17-19,24,35H,13-14,16H2,1-5H3,(H2,30,31,37)/t18-,19-,24-/m0/s1. The van der Waals surface area contributed by atoms with Gasteiger partial charge >= 0.3 is 6.03 Å². The summed E-state index contributed by atoms with van der Waals surface area (Å²) in [4.78, 5) is 32.2. The first kappa shape index (κ1) is 30.8. The number of nitrogens with zero attached hydrogens (tertiary/aromatic N) is 4. The van der Waals surface area contributed by atoms with Crippen molar-refractivity contribution in [2.75, 3.05) is 44.5 Å². The Morgan fingerprint density at radius 1 is 1.24 bits per heavy atom. The number of fused-ring (bicyclic) bond motifs is 1. The number of benzene rings is 2. The molecular weight excluding hydrogens is 564 g/mol. The van der Waals surface area contributed by atoms with E-state index in [0.29, 0.717) is 11.4 Å². The number of sulfonamides is 1. The number of urea groups is 1. The summed E-state index contributed by atoms with van der Waals surface area (Å²) in [5.41, 5.74) is 0.905. The van der Waals surface area contributed by atoms with Crippen molar-refractivity contribution in [1.29, 1.82) is 0 Å². The van der Waals surface area contributed by atoms with Gasteiger partial charge in [0.15, 0.2) is 10.8 Å². The number of para-hydroxylation sites is 1. The number of carbonyl (C=O) groups is 2. The molecule has 42 heavy (non-hydrogen) atoms. The van der Waals surface area contributed by atoms with Gasteiger partial charge in [0.05, 0.1) is 43.9 Å². The van der Waals surface area contributed by atoms with E-state index in [2.05, 4.69) is 15.6 Å². The molecule has 0 radical (unpaired) electrons. The van der Waals surface area contributed by atoms with Crippen LogP contribution >= 0.6 is 0 Å². The number of nitrogens with one attached hydrogen (secondary N) is 2. The molecule has 0 bridgehead atoms. The van der Waals surface area contributed by atoms with Crippen molar-refractivity contribution in [3.05, 3.63) is 60.6 Å². The third kappa shape index (κ3) is 6.66.